The fourth-order valence-corrected chi connectivity index (χ4v) is 3.15. The van der Waals surface area contributed by atoms with Gasteiger partial charge in [-0.25, -0.2) is 0 Å². The summed E-state index contributed by atoms with van der Waals surface area (Å²) in [6.07, 6.45) is 3.57. The molecule has 2 aromatic carbocycles. The number of nitrogens with one attached hydrogen (secondary N) is 3. The Labute approximate surface area is 169 Å². The third-order valence-electron chi connectivity index (χ3n) is 4.13. The van der Waals surface area contributed by atoms with Crippen molar-refractivity contribution in [2.75, 3.05) is 6.67 Å². The third-order valence-corrected chi connectivity index (χ3v) is 4.53. The molecule has 3 N–H and O–H groups in total. The molecule has 2 heterocycles. The third kappa shape index (κ3) is 3.37. The van der Waals surface area contributed by atoms with Crippen molar-refractivity contribution in [3.05, 3.63) is 64.7 Å². The molecule has 9 heteroatoms. The molecule has 0 aliphatic carbocycles. The predicted molar refractivity (Wildman–Crippen MR) is 111 cm³/mol. The highest BCUT2D eigenvalue weighted by atomic mass is 35.5. The lowest BCUT2D eigenvalue weighted by Gasteiger charge is -2.16. The monoisotopic (exact) mass is 412 g/mol. The summed E-state index contributed by atoms with van der Waals surface area (Å²) in [7, 11) is 0. The van der Waals surface area contributed by atoms with Gasteiger partial charge in [0.15, 0.2) is 5.49 Å². The van der Waals surface area contributed by atoms with E-state index in [9.17, 15) is 0 Å². The van der Waals surface area contributed by atoms with E-state index in [0.29, 0.717) is 28.2 Å². The van der Waals surface area contributed by atoms with Crippen molar-refractivity contribution < 1.29 is 4.74 Å². The molecule has 1 aliphatic heterocycles. The van der Waals surface area contributed by atoms with Crippen LogP contribution in [0.3, 0.4) is 0 Å². The summed E-state index contributed by atoms with van der Waals surface area (Å²) in [5.74, 6) is 0.732. The van der Waals surface area contributed by atoms with Gasteiger partial charge in [-0.15, -0.1) is 5.10 Å². The molecule has 0 radical (unpaired) electrons. The van der Waals surface area contributed by atoms with E-state index < -0.39 is 5.29 Å². The molecule has 1 aliphatic rings. The van der Waals surface area contributed by atoms with E-state index in [2.05, 4.69) is 15.4 Å². The van der Waals surface area contributed by atoms with E-state index in [1.807, 2.05) is 12.3 Å². The van der Waals surface area contributed by atoms with Crippen LogP contribution >= 0.6 is 23.2 Å². The van der Waals surface area contributed by atoms with Crippen LogP contribution in [-0.2, 0) is 0 Å². The van der Waals surface area contributed by atoms with Crippen molar-refractivity contribution in [3.8, 4) is 11.6 Å². The lowest BCUT2D eigenvalue weighted by atomic mass is 10.1. The van der Waals surface area contributed by atoms with E-state index in [-0.39, 0.29) is 11.4 Å². The number of fused-ring (bicyclic) bond motifs is 1. The van der Waals surface area contributed by atoms with Crippen LogP contribution in [0.25, 0.3) is 16.3 Å². The molecule has 0 saturated heterocycles. The molecule has 0 saturated carbocycles. The van der Waals surface area contributed by atoms with Gasteiger partial charge in [0.1, 0.15) is 12.4 Å². The first kappa shape index (κ1) is 18.2. The van der Waals surface area contributed by atoms with Crippen molar-refractivity contribution in [1.29, 1.82) is 10.8 Å². The van der Waals surface area contributed by atoms with Crippen LogP contribution in [0.2, 0.25) is 5.02 Å². The Morgan fingerprint density at radius 2 is 1.96 bits per heavy atom. The van der Waals surface area contributed by atoms with E-state index in [0.717, 1.165) is 15.8 Å². The van der Waals surface area contributed by atoms with Crippen molar-refractivity contribution in [3.63, 3.8) is 0 Å². The number of aromatic nitrogens is 2. The zero-order valence-corrected chi connectivity index (χ0v) is 15.9. The molecule has 140 valence electrons. The lowest BCUT2D eigenvalue weighted by Crippen LogP contribution is -2.27. The predicted octanol–water partition coefficient (Wildman–Crippen LogP) is 3.96. The number of allylic oxidation sites excluding steroid dienone is 1. The van der Waals surface area contributed by atoms with Crippen LogP contribution < -0.4 is 15.5 Å². The molecule has 1 aromatic heterocycles. The topological polar surface area (TPSA) is 99.1 Å². The fraction of sp³-hybridized carbons (Fsp3) is 0.0526. The van der Waals surface area contributed by atoms with Gasteiger partial charge in [0.05, 0.1) is 0 Å². The van der Waals surface area contributed by atoms with Crippen molar-refractivity contribution in [1.82, 2.24) is 15.1 Å². The highest BCUT2D eigenvalue weighted by Crippen LogP contribution is 2.33. The largest absolute Gasteiger partial charge is 0.436 e. The molecular formula is C19H14Cl2N6O. The van der Waals surface area contributed by atoms with Crippen LogP contribution in [0.5, 0.6) is 11.6 Å². The van der Waals surface area contributed by atoms with Gasteiger partial charge in [-0.2, -0.15) is 4.68 Å². The average Bonchev–Trinajstić information content (AvgIpc) is 2.71. The van der Waals surface area contributed by atoms with Gasteiger partial charge < -0.3 is 10.1 Å². The first-order chi connectivity index (χ1) is 13.5. The second-order valence-corrected chi connectivity index (χ2v) is 6.71. The summed E-state index contributed by atoms with van der Waals surface area (Å²) in [5, 5.41) is 24.6. The zero-order chi connectivity index (χ0) is 19.7. The second-order valence-electron chi connectivity index (χ2n) is 5.92. The lowest BCUT2D eigenvalue weighted by molar-refractivity contribution is 0.454. The van der Waals surface area contributed by atoms with Crippen LogP contribution in [-0.4, -0.2) is 28.0 Å². The van der Waals surface area contributed by atoms with Gasteiger partial charge in [0.25, 0.3) is 0 Å². The number of rotatable bonds is 3. The maximum atomic E-state index is 8.24. The highest BCUT2D eigenvalue weighted by molar-refractivity contribution is 6.64. The summed E-state index contributed by atoms with van der Waals surface area (Å²) in [4.78, 5) is 4.22. The minimum absolute atomic E-state index is 0.00519. The average molecular weight is 413 g/mol. The summed E-state index contributed by atoms with van der Waals surface area (Å²) < 4.78 is 7.13. The first-order valence-corrected chi connectivity index (χ1v) is 9.02. The van der Waals surface area contributed by atoms with Gasteiger partial charge in [-0.3, -0.25) is 15.8 Å². The summed E-state index contributed by atoms with van der Waals surface area (Å²) in [6.45, 7) is 0.509. The molecule has 0 spiro atoms. The molecule has 4 rings (SSSR count). The Kier molecular flexibility index (Phi) is 4.85. The SMILES string of the molecule is N=C(Cl)n1nc(Oc2ccc(Cl)cc2C2=CNCN=C2)c2ccccc2c1=N. The van der Waals surface area contributed by atoms with Gasteiger partial charge in [-0.05, 0) is 35.9 Å². The van der Waals surface area contributed by atoms with E-state index >= 15 is 0 Å². The summed E-state index contributed by atoms with van der Waals surface area (Å²) in [5.41, 5.74) is 1.55. The summed E-state index contributed by atoms with van der Waals surface area (Å²) in [6, 6.07) is 12.4. The number of halogens is 2. The Hall–Kier alpha value is -3.16. The molecular weight excluding hydrogens is 399 g/mol. The second kappa shape index (κ2) is 7.46. The molecule has 0 amide bonds. The van der Waals surface area contributed by atoms with E-state index in [1.165, 1.54) is 0 Å². The Bertz CT molecular complexity index is 1210. The standard InChI is InChI=1S/C19H14Cl2N6O/c20-12-5-6-16(15(7-12)11-8-24-10-25-9-11)28-18-14-4-2-1-3-13(14)17(22)27(26-18)19(21)23/h1-9,22-24H,10H2. The molecule has 0 bridgehead atoms. The molecule has 0 atom stereocenters. The van der Waals surface area contributed by atoms with Crippen molar-refractivity contribution in [2.45, 2.75) is 0 Å². The first-order valence-electron chi connectivity index (χ1n) is 8.27. The van der Waals surface area contributed by atoms with Crippen LogP contribution in [0, 0.1) is 10.8 Å². The van der Waals surface area contributed by atoms with Gasteiger partial charge in [-0.1, -0.05) is 29.8 Å². The molecule has 7 nitrogen and oxygen atoms in total. The number of nitrogens with zero attached hydrogens (tertiary/aromatic N) is 3. The maximum absolute atomic E-state index is 8.24. The molecule has 0 unspecified atom stereocenters. The Balaban J connectivity index is 1.89. The number of hydrogen-bond acceptors (Lipinski definition) is 6. The molecule has 28 heavy (non-hydrogen) atoms. The quantitative estimate of drug-likeness (QED) is 0.448. The fourth-order valence-electron chi connectivity index (χ4n) is 2.86. The van der Waals surface area contributed by atoms with Gasteiger partial charge in [0.2, 0.25) is 11.2 Å². The van der Waals surface area contributed by atoms with Crippen LogP contribution in [0.15, 0.2) is 53.7 Å². The van der Waals surface area contributed by atoms with Crippen molar-refractivity contribution in [2.24, 2.45) is 4.99 Å². The zero-order valence-electron chi connectivity index (χ0n) is 14.4. The van der Waals surface area contributed by atoms with E-state index in [4.69, 9.17) is 38.8 Å². The van der Waals surface area contributed by atoms with Crippen LogP contribution in [0.4, 0.5) is 0 Å². The minimum atomic E-state index is -0.400. The van der Waals surface area contributed by atoms with Gasteiger partial charge in [0, 0.05) is 39.3 Å². The maximum Gasteiger partial charge on any atom is 0.245 e. The van der Waals surface area contributed by atoms with E-state index in [1.54, 1.807) is 42.6 Å². The molecule has 3 aromatic rings. The van der Waals surface area contributed by atoms with Gasteiger partial charge >= 0.3 is 0 Å². The number of benzene rings is 2. The summed E-state index contributed by atoms with van der Waals surface area (Å²) >= 11 is 12.0. The Morgan fingerprint density at radius 3 is 2.68 bits per heavy atom. The number of hydrogen-bond donors (Lipinski definition) is 3. The molecule has 0 fully saturated rings. The number of aliphatic imine (C=N–C) groups is 1. The minimum Gasteiger partial charge on any atom is -0.436 e. The van der Waals surface area contributed by atoms with Crippen LogP contribution in [0.1, 0.15) is 5.56 Å². The smallest absolute Gasteiger partial charge is 0.245 e. The van der Waals surface area contributed by atoms with Crippen molar-refractivity contribution >= 4 is 51.1 Å². The number of ether oxygens (including phenoxy) is 1. The Morgan fingerprint density at radius 1 is 1.18 bits per heavy atom. The normalized spacial score (nSPS) is 13.1. The highest BCUT2D eigenvalue weighted by Gasteiger charge is 2.16.